The number of carbonyl (C=O) groups excluding carboxylic acids is 3. The van der Waals surface area contributed by atoms with E-state index in [0.717, 1.165) is 32.1 Å². The summed E-state index contributed by atoms with van der Waals surface area (Å²) >= 11 is 0. The van der Waals surface area contributed by atoms with Crippen LogP contribution in [0.15, 0.2) is 12.3 Å². The summed E-state index contributed by atoms with van der Waals surface area (Å²) in [5, 5.41) is 13.9. The highest BCUT2D eigenvalue weighted by molar-refractivity contribution is 5.96. The van der Waals surface area contributed by atoms with Crippen LogP contribution in [-0.2, 0) is 9.59 Å². The number of carbonyl (C=O) groups is 3. The van der Waals surface area contributed by atoms with Gasteiger partial charge < -0.3 is 20.7 Å². The molecule has 4 aliphatic rings. The van der Waals surface area contributed by atoms with E-state index in [4.69, 9.17) is 4.74 Å². The molecule has 1 aromatic rings. The van der Waals surface area contributed by atoms with E-state index in [2.05, 4.69) is 34.9 Å². The number of rotatable bonds is 9. The summed E-state index contributed by atoms with van der Waals surface area (Å²) < 4.78 is 7.62. The maximum absolute atomic E-state index is 13.5. The first kappa shape index (κ1) is 26.2. The Kier molecular flexibility index (Phi) is 7.21. The molecule has 4 bridgehead atoms. The zero-order chi connectivity index (χ0) is 26.3. The van der Waals surface area contributed by atoms with Crippen LogP contribution >= 0.6 is 0 Å². The molecule has 198 valence electrons. The molecule has 0 aliphatic heterocycles. The lowest BCUT2D eigenvalue weighted by Crippen LogP contribution is -2.66. The minimum atomic E-state index is -0.584. The monoisotopic (exact) mass is 499 g/mol. The van der Waals surface area contributed by atoms with Crippen molar-refractivity contribution in [3.8, 4) is 5.88 Å². The third kappa shape index (κ3) is 5.76. The minimum Gasteiger partial charge on any atom is -0.477 e. The summed E-state index contributed by atoms with van der Waals surface area (Å²) in [6.45, 7) is 11.4. The van der Waals surface area contributed by atoms with Gasteiger partial charge in [0.15, 0.2) is 0 Å². The van der Waals surface area contributed by atoms with Gasteiger partial charge in [-0.15, -0.1) is 0 Å². The van der Waals surface area contributed by atoms with E-state index in [-0.39, 0.29) is 35.2 Å². The molecule has 36 heavy (non-hydrogen) atoms. The normalized spacial score (nSPS) is 29.0. The molecule has 0 aromatic carbocycles. The summed E-state index contributed by atoms with van der Waals surface area (Å²) in [7, 11) is 0. The summed E-state index contributed by atoms with van der Waals surface area (Å²) in [6, 6.07) is 0.0893. The molecular weight excluding hydrogens is 458 g/mol. The van der Waals surface area contributed by atoms with Crippen molar-refractivity contribution in [3.05, 3.63) is 17.8 Å². The fourth-order valence-corrected chi connectivity index (χ4v) is 6.77. The zero-order valence-electron chi connectivity index (χ0n) is 22.4. The third-order valence-corrected chi connectivity index (χ3v) is 7.69. The van der Waals surface area contributed by atoms with Gasteiger partial charge >= 0.3 is 0 Å². The van der Waals surface area contributed by atoms with E-state index in [1.807, 2.05) is 19.9 Å². The second-order valence-corrected chi connectivity index (χ2v) is 12.2. The number of aromatic nitrogens is 2. The molecule has 0 spiro atoms. The van der Waals surface area contributed by atoms with E-state index in [1.54, 1.807) is 24.0 Å². The van der Waals surface area contributed by atoms with Crippen molar-refractivity contribution < 1.29 is 19.1 Å². The van der Waals surface area contributed by atoms with Crippen LogP contribution in [-0.4, -0.2) is 51.2 Å². The van der Waals surface area contributed by atoms with E-state index in [0.29, 0.717) is 35.8 Å². The molecule has 0 saturated heterocycles. The molecule has 9 nitrogen and oxygen atoms in total. The van der Waals surface area contributed by atoms with E-state index >= 15 is 0 Å². The van der Waals surface area contributed by atoms with Crippen LogP contribution in [0, 0.1) is 23.7 Å². The molecular formula is C27H41N5O4. The molecule has 5 rings (SSSR count). The highest BCUT2D eigenvalue weighted by Crippen LogP contribution is 2.55. The van der Waals surface area contributed by atoms with Gasteiger partial charge in [-0.25, -0.2) is 4.68 Å². The molecule has 4 aliphatic carbocycles. The first-order chi connectivity index (χ1) is 16.9. The maximum Gasteiger partial charge on any atom is 0.258 e. The molecule has 9 heteroatoms. The van der Waals surface area contributed by atoms with Gasteiger partial charge in [0.2, 0.25) is 17.7 Å². The fourth-order valence-electron chi connectivity index (χ4n) is 6.77. The van der Waals surface area contributed by atoms with Gasteiger partial charge in [-0.1, -0.05) is 13.8 Å². The largest absolute Gasteiger partial charge is 0.477 e. The van der Waals surface area contributed by atoms with Crippen LogP contribution < -0.4 is 20.7 Å². The lowest BCUT2D eigenvalue weighted by atomic mass is 9.51. The predicted octanol–water partition coefficient (Wildman–Crippen LogP) is 3.12. The van der Waals surface area contributed by atoms with Crippen LogP contribution in [0.3, 0.4) is 0 Å². The Labute approximate surface area is 213 Å². The van der Waals surface area contributed by atoms with Gasteiger partial charge in [0.05, 0.1) is 18.3 Å². The van der Waals surface area contributed by atoms with E-state index in [1.165, 1.54) is 6.92 Å². The highest BCUT2D eigenvalue weighted by atomic mass is 16.5. The van der Waals surface area contributed by atoms with Gasteiger partial charge in [0.1, 0.15) is 5.56 Å². The van der Waals surface area contributed by atoms with E-state index < -0.39 is 5.54 Å². The summed E-state index contributed by atoms with van der Waals surface area (Å²) in [4.78, 5) is 36.9. The standard InChI is InChI=1S/C27H41N5O4/c1-16(2)15-36-25-22(14-28-32(25)8-7-26(5,6)30-17(3)33)24(35)29-23-20-9-19-10-21(23)13-27(11-19,12-20)31-18(4)34/h7-8,14,16,19-21,23H,9-13,15H2,1-6H3,(H,29,35)(H,30,33)(H,31,34)/b8-7+. The Balaban J connectivity index is 1.52. The number of nitrogens with one attached hydrogen (secondary N) is 3. The number of hydrogen-bond acceptors (Lipinski definition) is 5. The van der Waals surface area contributed by atoms with Crippen LogP contribution in [0.5, 0.6) is 5.88 Å². The average Bonchev–Trinajstić information content (AvgIpc) is 3.14. The van der Waals surface area contributed by atoms with E-state index in [9.17, 15) is 14.4 Å². The quantitative estimate of drug-likeness (QED) is 0.483. The minimum absolute atomic E-state index is 0.0339. The van der Waals surface area contributed by atoms with Gasteiger partial charge in [-0.2, -0.15) is 5.10 Å². The van der Waals surface area contributed by atoms with Gasteiger partial charge in [-0.3, -0.25) is 14.4 Å². The molecule has 3 N–H and O–H groups in total. The average molecular weight is 500 g/mol. The fraction of sp³-hybridized carbons (Fsp3) is 0.704. The molecule has 1 aromatic heterocycles. The number of nitrogens with zero attached hydrogens (tertiary/aromatic N) is 2. The molecule has 0 radical (unpaired) electrons. The Morgan fingerprint density at radius 3 is 2.42 bits per heavy atom. The molecule has 1 heterocycles. The Hall–Kier alpha value is -2.84. The van der Waals surface area contributed by atoms with Crippen molar-refractivity contribution >= 4 is 23.9 Å². The van der Waals surface area contributed by atoms with Crippen molar-refractivity contribution in [2.45, 2.75) is 90.8 Å². The second-order valence-electron chi connectivity index (χ2n) is 12.2. The smallest absolute Gasteiger partial charge is 0.258 e. The summed E-state index contributed by atoms with van der Waals surface area (Å²) in [5.74, 6) is 1.74. The first-order valence-electron chi connectivity index (χ1n) is 13.1. The second kappa shape index (κ2) is 9.90. The van der Waals surface area contributed by atoms with Crippen molar-refractivity contribution in [1.82, 2.24) is 25.7 Å². The highest BCUT2D eigenvalue weighted by Gasteiger charge is 2.56. The predicted molar refractivity (Wildman–Crippen MR) is 137 cm³/mol. The van der Waals surface area contributed by atoms with Gasteiger partial charge in [0, 0.05) is 31.6 Å². The molecule has 4 fully saturated rings. The molecule has 2 unspecified atom stereocenters. The van der Waals surface area contributed by atoms with Crippen molar-refractivity contribution in [3.63, 3.8) is 0 Å². The Morgan fingerprint density at radius 1 is 1.17 bits per heavy atom. The SMILES string of the molecule is CC(=O)NC(C)(C)/C=C/n1ncc(C(=O)NC2C3CC4CC2CC(NC(C)=O)(C4)C3)c1OCC(C)C. The van der Waals surface area contributed by atoms with Crippen LogP contribution in [0.1, 0.15) is 84.0 Å². The Bertz CT molecular complexity index is 1030. The Morgan fingerprint density at radius 2 is 1.83 bits per heavy atom. The number of hydrogen-bond donors (Lipinski definition) is 3. The summed E-state index contributed by atoms with van der Waals surface area (Å²) in [6.07, 6.45) is 10.2. The van der Waals surface area contributed by atoms with Crippen molar-refractivity contribution in [1.29, 1.82) is 0 Å². The lowest BCUT2D eigenvalue weighted by Gasteiger charge is -2.60. The van der Waals surface area contributed by atoms with Crippen LogP contribution in [0.4, 0.5) is 0 Å². The number of ether oxygens (including phenoxy) is 1. The van der Waals surface area contributed by atoms with Crippen LogP contribution in [0.2, 0.25) is 0 Å². The third-order valence-electron chi connectivity index (χ3n) is 7.69. The molecule has 4 saturated carbocycles. The van der Waals surface area contributed by atoms with Crippen LogP contribution in [0.25, 0.3) is 6.20 Å². The molecule has 3 amide bonds. The topological polar surface area (TPSA) is 114 Å². The lowest BCUT2D eigenvalue weighted by molar-refractivity contribution is -0.125. The van der Waals surface area contributed by atoms with Gasteiger partial charge in [0.25, 0.3) is 5.91 Å². The summed E-state index contributed by atoms with van der Waals surface area (Å²) in [5.41, 5.74) is -0.284. The first-order valence-corrected chi connectivity index (χ1v) is 13.1. The van der Waals surface area contributed by atoms with Crippen molar-refractivity contribution in [2.75, 3.05) is 6.61 Å². The zero-order valence-corrected chi connectivity index (χ0v) is 22.4. The molecule has 2 atom stereocenters. The van der Waals surface area contributed by atoms with Gasteiger partial charge in [-0.05, 0) is 75.7 Å². The maximum atomic E-state index is 13.5. The number of amides is 3. The van der Waals surface area contributed by atoms with Crippen molar-refractivity contribution in [2.24, 2.45) is 23.7 Å².